The number of amides is 2. The Hall–Kier alpha value is -3.51. The summed E-state index contributed by atoms with van der Waals surface area (Å²) in [4.78, 5) is 26.4. The number of phenolic OH excluding ortho intramolecular Hbond substituents is 1. The number of hydrogen-bond acceptors (Lipinski definition) is 5. The average Bonchev–Trinajstić information content (AvgIpc) is 3.02. The van der Waals surface area contributed by atoms with Crippen LogP contribution in [0.1, 0.15) is 16.7 Å². The predicted octanol–water partition coefficient (Wildman–Crippen LogP) is 5.52. The maximum atomic E-state index is 12.7. The van der Waals surface area contributed by atoms with E-state index in [9.17, 15) is 14.7 Å². The zero-order valence-corrected chi connectivity index (χ0v) is 17.1. The van der Waals surface area contributed by atoms with Crippen LogP contribution in [0.5, 0.6) is 11.5 Å². The molecule has 0 radical (unpaired) electrons. The summed E-state index contributed by atoms with van der Waals surface area (Å²) in [7, 11) is 0. The molecule has 3 aromatic rings. The number of phenols is 1. The molecule has 150 valence electrons. The van der Waals surface area contributed by atoms with Crippen LogP contribution in [0.4, 0.5) is 10.5 Å². The molecular formula is C24H19NO4S. The molecule has 0 unspecified atom stereocenters. The standard InChI is InChI=1S/C24H19NO4S/c1-16-2-4-18(5-3-16)15-29-21-12-6-17(7-13-21)14-22-23(27)25(24(28)30-22)19-8-10-20(26)11-9-19/h2-14,26H,15H2,1H3/b22-14-. The van der Waals surface area contributed by atoms with Crippen molar-refractivity contribution in [3.63, 3.8) is 0 Å². The zero-order valence-electron chi connectivity index (χ0n) is 16.2. The largest absolute Gasteiger partial charge is 0.508 e. The van der Waals surface area contributed by atoms with Gasteiger partial charge in [0.1, 0.15) is 18.1 Å². The van der Waals surface area contributed by atoms with Crippen LogP contribution >= 0.6 is 11.8 Å². The number of aryl methyl sites for hydroxylation is 1. The topological polar surface area (TPSA) is 66.8 Å². The lowest BCUT2D eigenvalue weighted by molar-refractivity contribution is -0.113. The van der Waals surface area contributed by atoms with E-state index in [0.717, 1.165) is 33.5 Å². The van der Waals surface area contributed by atoms with Crippen molar-refractivity contribution in [2.75, 3.05) is 4.90 Å². The summed E-state index contributed by atoms with van der Waals surface area (Å²) in [5.41, 5.74) is 3.53. The maximum Gasteiger partial charge on any atom is 0.298 e. The van der Waals surface area contributed by atoms with Crippen LogP contribution in [0.15, 0.2) is 77.7 Å². The fourth-order valence-electron chi connectivity index (χ4n) is 2.95. The molecule has 0 saturated carbocycles. The molecule has 1 fully saturated rings. The fraction of sp³-hybridized carbons (Fsp3) is 0.0833. The highest BCUT2D eigenvalue weighted by atomic mass is 32.2. The summed E-state index contributed by atoms with van der Waals surface area (Å²) >= 11 is 0.893. The smallest absolute Gasteiger partial charge is 0.298 e. The van der Waals surface area contributed by atoms with Crippen molar-refractivity contribution in [3.8, 4) is 11.5 Å². The maximum absolute atomic E-state index is 12.7. The molecule has 30 heavy (non-hydrogen) atoms. The van der Waals surface area contributed by atoms with Crippen LogP contribution < -0.4 is 9.64 Å². The van der Waals surface area contributed by atoms with Gasteiger partial charge in [-0.15, -0.1) is 0 Å². The Morgan fingerprint density at radius 2 is 1.60 bits per heavy atom. The highest BCUT2D eigenvalue weighted by Gasteiger charge is 2.36. The van der Waals surface area contributed by atoms with Gasteiger partial charge in [-0.25, -0.2) is 4.90 Å². The molecule has 0 atom stereocenters. The zero-order chi connectivity index (χ0) is 21.1. The van der Waals surface area contributed by atoms with E-state index < -0.39 is 0 Å². The van der Waals surface area contributed by atoms with Crippen molar-refractivity contribution >= 4 is 34.7 Å². The normalized spacial score (nSPS) is 15.1. The van der Waals surface area contributed by atoms with Crippen molar-refractivity contribution in [3.05, 3.63) is 94.4 Å². The number of ether oxygens (including phenoxy) is 1. The second-order valence-electron chi connectivity index (χ2n) is 6.88. The molecule has 2 amide bonds. The molecule has 1 N–H and O–H groups in total. The van der Waals surface area contributed by atoms with Gasteiger partial charge in [0.05, 0.1) is 10.6 Å². The van der Waals surface area contributed by atoms with E-state index >= 15 is 0 Å². The first-order chi connectivity index (χ1) is 14.5. The van der Waals surface area contributed by atoms with E-state index in [-0.39, 0.29) is 16.9 Å². The van der Waals surface area contributed by atoms with Gasteiger partial charge < -0.3 is 9.84 Å². The summed E-state index contributed by atoms with van der Waals surface area (Å²) < 4.78 is 5.80. The van der Waals surface area contributed by atoms with E-state index in [1.165, 1.54) is 29.8 Å². The lowest BCUT2D eigenvalue weighted by Gasteiger charge is -2.12. The number of nitrogens with zero attached hydrogens (tertiary/aromatic N) is 1. The number of imide groups is 1. The van der Waals surface area contributed by atoms with E-state index in [0.29, 0.717) is 17.2 Å². The van der Waals surface area contributed by atoms with Crippen molar-refractivity contribution in [2.45, 2.75) is 13.5 Å². The monoisotopic (exact) mass is 417 g/mol. The Balaban J connectivity index is 1.44. The molecule has 5 nitrogen and oxygen atoms in total. The van der Waals surface area contributed by atoms with Crippen LogP contribution in [0.3, 0.4) is 0 Å². The van der Waals surface area contributed by atoms with Crippen molar-refractivity contribution in [1.29, 1.82) is 0 Å². The van der Waals surface area contributed by atoms with Gasteiger partial charge >= 0.3 is 0 Å². The van der Waals surface area contributed by atoms with Gasteiger partial charge in [-0.2, -0.15) is 0 Å². The first kappa shape index (κ1) is 19.8. The summed E-state index contributed by atoms with van der Waals surface area (Å²) in [6.07, 6.45) is 1.69. The van der Waals surface area contributed by atoms with Gasteiger partial charge in [-0.1, -0.05) is 42.0 Å². The molecule has 4 rings (SSSR count). The average molecular weight is 417 g/mol. The highest BCUT2D eigenvalue weighted by molar-refractivity contribution is 8.19. The molecule has 0 aromatic heterocycles. The van der Waals surface area contributed by atoms with Crippen molar-refractivity contribution < 1.29 is 19.4 Å². The molecule has 0 spiro atoms. The lowest BCUT2D eigenvalue weighted by atomic mass is 10.1. The molecule has 3 aromatic carbocycles. The molecule has 1 heterocycles. The number of thioether (sulfide) groups is 1. The van der Waals surface area contributed by atoms with Crippen LogP contribution in [-0.4, -0.2) is 16.3 Å². The van der Waals surface area contributed by atoms with Gasteiger partial charge in [0.15, 0.2) is 0 Å². The van der Waals surface area contributed by atoms with E-state index in [1.807, 2.05) is 55.5 Å². The van der Waals surface area contributed by atoms with E-state index in [1.54, 1.807) is 6.08 Å². The molecule has 0 bridgehead atoms. The third kappa shape index (κ3) is 4.39. The SMILES string of the molecule is Cc1ccc(COc2ccc(/C=C3\SC(=O)N(c4ccc(O)cc4)C3=O)cc2)cc1. The molecular weight excluding hydrogens is 398 g/mol. The first-order valence-electron chi connectivity index (χ1n) is 9.35. The third-order valence-electron chi connectivity index (χ3n) is 4.61. The predicted molar refractivity (Wildman–Crippen MR) is 119 cm³/mol. The van der Waals surface area contributed by atoms with Gasteiger partial charge in [0.25, 0.3) is 11.1 Å². The Labute approximate surface area is 178 Å². The second kappa shape index (κ2) is 8.47. The molecule has 1 saturated heterocycles. The minimum Gasteiger partial charge on any atom is -0.508 e. The fourth-order valence-corrected chi connectivity index (χ4v) is 3.80. The number of rotatable bonds is 5. The lowest BCUT2D eigenvalue weighted by Crippen LogP contribution is -2.27. The number of aromatic hydroxyl groups is 1. The van der Waals surface area contributed by atoms with Crippen LogP contribution in [0, 0.1) is 6.92 Å². The number of carbonyl (C=O) groups excluding carboxylic acids is 2. The Morgan fingerprint density at radius 1 is 0.933 bits per heavy atom. The van der Waals surface area contributed by atoms with Gasteiger partial charge in [0, 0.05) is 0 Å². The second-order valence-corrected chi connectivity index (χ2v) is 7.87. The molecule has 1 aliphatic rings. The van der Waals surface area contributed by atoms with Crippen molar-refractivity contribution in [2.24, 2.45) is 0 Å². The van der Waals surface area contributed by atoms with Crippen LogP contribution in [0.2, 0.25) is 0 Å². The van der Waals surface area contributed by atoms with Gasteiger partial charge in [0.2, 0.25) is 0 Å². The highest BCUT2D eigenvalue weighted by Crippen LogP contribution is 2.36. The molecule has 6 heteroatoms. The summed E-state index contributed by atoms with van der Waals surface area (Å²) in [6, 6.07) is 21.5. The van der Waals surface area contributed by atoms with Crippen LogP contribution in [0.25, 0.3) is 6.08 Å². The summed E-state index contributed by atoms with van der Waals surface area (Å²) in [5.74, 6) is 0.422. The van der Waals surface area contributed by atoms with E-state index in [2.05, 4.69) is 0 Å². The third-order valence-corrected chi connectivity index (χ3v) is 5.48. The summed E-state index contributed by atoms with van der Waals surface area (Å²) in [5, 5.41) is 9.03. The Morgan fingerprint density at radius 3 is 2.27 bits per heavy atom. The number of anilines is 1. The number of hydrogen-bond donors (Lipinski definition) is 1. The number of carbonyl (C=O) groups is 2. The van der Waals surface area contributed by atoms with Gasteiger partial charge in [-0.3, -0.25) is 9.59 Å². The minimum atomic E-state index is -0.379. The first-order valence-corrected chi connectivity index (χ1v) is 10.2. The Bertz CT molecular complexity index is 1100. The van der Waals surface area contributed by atoms with Gasteiger partial charge in [-0.05, 0) is 72.3 Å². The van der Waals surface area contributed by atoms with Crippen LogP contribution in [-0.2, 0) is 11.4 Å². The molecule has 1 aliphatic heterocycles. The summed E-state index contributed by atoms with van der Waals surface area (Å²) in [6.45, 7) is 2.52. The molecule has 0 aliphatic carbocycles. The Kier molecular flexibility index (Phi) is 5.59. The van der Waals surface area contributed by atoms with E-state index in [4.69, 9.17) is 4.74 Å². The minimum absolute atomic E-state index is 0.0750. The number of benzene rings is 3. The van der Waals surface area contributed by atoms with Crippen molar-refractivity contribution in [1.82, 2.24) is 0 Å². The quantitative estimate of drug-likeness (QED) is 0.554.